The number of amides is 1. The maximum atomic E-state index is 12.3. The summed E-state index contributed by atoms with van der Waals surface area (Å²) in [5.41, 5.74) is 1.36. The van der Waals surface area contributed by atoms with Gasteiger partial charge in [-0.05, 0) is 17.7 Å². The number of carbonyl (C=O) groups is 2. The van der Waals surface area contributed by atoms with E-state index in [0.717, 1.165) is 10.6 Å². The van der Waals surface area contributed by atoms with Crippen LogP contribution in [0.3, 0.4) is 0 Å². The molecule has 0 bridgehead atoms. The van der Waals surface area contributed by atoms with Gasteiger partial charge in [0.05, 0.1) is 6.54 Å². The van der Waals surface area contributed by atoms with Gasteiger partial charge in [-0.15, -0.1) is 0 Å². The third kappa shape index (κ3) is 3.68. The number of rotatable bonds is 3. The zero-order chi connectivity index (χ0) is 14.4. The summed E-state index contributed by atoms with van der Waals surface area (Å²) in [7, 11) is 0. The van der Waals surface area contributed by atoms with Crippen LogP contribution in [0, 0.1) is 0 Å². The lowest BCUT2D eigenvalue weighted by Gasteiger charge is -2.20. The van der Waals surface area contributed by atoms with Crippen molar-refractivity contribution in [1.82, 2.24) is 5.06 Å². The first-order chi connectivity index (χ1) is 9.66. The Morgan fingerprint density at radius 2 is 1.50 bits per heavy atom. The van der Waals surface area contributed by atoms with Crippen LogP contribution in [-0.2, 0) is 16.2 Å². The van der Waals surface area contributed by atoms with E-state index < -0.39 is 5.97 Å². The lowest BCUT2D eigenvalue weighted by atomic mass is 10.2. The SMILES string of the molecule is CC(=O)ON(Cc1ccccc1)C(=O)c1ccccc1. The van der Waals surface area contributed by atoms with Gasteiger partial charge >= 0.3 is 5.97 Å². The summed E-state index contributed by atoms with van der Waals surface area (Å²) < 4.78 is 0. The van der Waals surface area contributed by atoms with Crippen LogP contribution in [0.25, 0.3) is 0 Å². The Balaban J connectivity index is 2.19. The van der Waals surface area contributed by atoms with Crippen LogP contribution in [0.15, 0.2) is 60.7 Å². The largest absolute Gasteiger partial charge is 0.338 e. The predicted molar refractivity (Wildman–Crippen MR) is 74.5 cm³/mol. The molecule has 0 heterocycles. The Kier molecular flexibility index (Phi) is 4.50. The van der Waals surface area contributed by atoms with Gasteiger partial charge in [-0.2, -0.15) is 5.06 Å². The summed E-state index contributed by atoms with van der Waals surface area (Å²) in [5, 5.41) is 1.08. The minimum absolute atomic E-state index is 0.216. The van der Waals surface area contributed by atoms with Crippen LogP contribution in [0.5, 0.6) is 0 Å². The number of carbonyl (C=O) groups excluding carboxylic acids is 2. The van der Waals surface area contributed by atoms with Crippen LogP contribution in [0.1, 0.15) is 22.8 Å². The van der Waals surface area contributed by atoms with Crippen molar-refractivity contribution in [3.8, 4) is 0 Å². The molecule has 0 saturated carbocycles. The van der Waals surface area contributed by atoms with Crippen molar-refractivity contribution in [2.45, 2.75) is 13.5 Å². The Morgan fingerprint density at radius 3 is 2.05 bits per heavy atom. The van der Waals surface area contributed by atoms with Crippen molar-refractivity contribution in [2.24, 2.45) is 0 Å². The fourth-order valence-corrected chi connectivity index (χ4v) is 1.77. The number of hydrogen-bond donors (Lipinski definition) is 0. The van der Waals surface area contributed by atoms with Crippen molar-refractivity contribution < 1.29 is 14.4 Å². The molecule has 2 aromatic rings. The molecule has 4 nitrogen and oxygen atoms in total. The summed E-state index contributed by atoms with van der Waals surface area (Å²) in [6.07, 6.45) is 0. The zero-order valence-corrected chi connectivity index (χ0v) is 11.2. The number of hydrogen-bond acceptors (Lipinski definition) is 3. The summed E-state index contributed by atoms with van der Waals surface area (Å²) >= 11 is 0. The van der Waals surface area contributed by atoms with E-state index in [1.165, 1.54) is 6.92 Å². The third-order valence-corrected chi connectivity index (χ3v) is 2.66. The molecular formula is C16H15NO3. The predicted octanol–water partition coefficient (Wildman–Crippen LogP) is 2.81. The van der Waals surface area contributed by atoms with Crippen LogP contribution < -0.4 is 0 Å². The highest BCUT2D eigenvalue weighted by Gasteiger charge is 2.19. The van der Waals surface area contributed by atoms with E-state index in [-0.39, 0.29) is 12.5 Å². The van der Waals surface area contributed by atoms with E-state index in [1.54, 1.807) is 24.3 Å². The quantitative estimate of drug-likeness (QED) is 0.805. The minimum atomic E-state index is -0.523. The number of benzene rings is 2. The highest BCUT2D eigenvalue weighted by Crippen LogP contribution is 2.10. The normalized spacial score (nSPS) is 9.85. The highest BCUT2D eigenvalue weighted by molar-refractivity contribution is 5.94. The molecule has 0 spiro atoms. The van der Waals surface area contributed by atoms with E-state index in [0.29, 0.717) is 5.56 Å². The van der Waals surface area contributed by atoms with Crippen molar-refractivity contribution >= 4 is 11.9 Å². The first kappa shape index (κ1) is 13.8. The molecule has 0 radical (unpaired) electrons. The van der Waals surface area contributed by atoms with Gasteiger partial charge in [-0.1, -0.05) is 48.5 Å². The second-order valence-corrected chi connectivity index (χ2v) is 4.28. The zero-order valence-electron chi connectivity index (χ0n) is 11.2. The van der Waals surface area contributed by atoms with Crippen molar-refractivity contribution in [2.75, 3.05) is 0 Å². The van der Waals surface area contributed by atoms with Crippen LogP contribution in [0.4, 0.5) is 0 Å². The molecule has 0 aliphatic heterocycles. The monoisotopic (exact) mass is 269 g/mol. The van der Waals surface area contributed by atoms with E-state index >= 15 is 0 Å². The molecule has 0 atom stereocenters. The molecule has 20 heavy (non-hydrogen) atoms. The van der Waals surface area contributed by atoms with E-state index in [1.807, 2.05) is 36.4 Å². The van der Waals surface area contributed by atoms with Crippen molar-refractivity contribution in [1.29, 1.82) is 0 Å². The molecule has 102 valence electrons. The average molecular weight is 269 g/mol. The maximum Gasteiger partial charge on any atom is 0.329 e. The van der Waals surface area contributed by atoms with Gasteiger partial charge in [0, 0.05) is 12.5 Å². The smallest absolute Gasteiger partial charge is 0.329 e. The Labute approximate surface area is 117 Å². The topological polar surface area (TPSA) is 46.6 Å². The Morgan fingerprint density at radius 1 is 0.950 bits per heavy atom. The van der Waals surface area contributed by atoms with E-state index in [2.05, 4.69) is 0 Å². The van der Waals surface area contributed by atoms with Gasteiger partial charge in [-0.3, -0.25) is 9.59 Å². The lowest BCUT2D eigenvalue weighted by molar-refractivity contribution is -0.177. The fourth-order valence-electron chi connectivity index (χ4n) is 1.77. The molecule has 2 rings (SSSR count). The fraction of sp³-hybridized carbons (Fsp3) is 0.125. The molecule has 4 heteroatoms. The van der Waals surface area contributed by atoms with Gasteiger partial charge in [0.25, 0.3) is 5.91 Å². The number of hydroxylamine groups is 2. The molecule has 0 saturated heterocycles. The third-order valence-electron chi connectivity index (χ3n) is 2.66. The molecule has 0 N–H and O–H groups in total. The molecule has 2 aromatic carbocycles. The second kappa shape index (κ2) is 6.52. The summed E-state index contributed by atoms with van der Waals surface area (Å²) in [6, 6.07) is 18.1. The van der Waals surface area contributed by atoms with Crippen LogP contribution in [-0.4, -0.2) is 16.9 Å². The van der Waals surface area contributed by atoms with Crippen molar-refractivity contribution in [3.63, 3.8) is 0 Å². The molecule has 0 unspecified atom stereocenters. The average Bonchev–Trinajstić information content (AvgIpc) is 2.47. The van der Waals surface area contributed by atoms with Gasteiger partial charge < -0.3 is 4.84 Å². The van der Waals surface area contributed by atoms with Gasteiger partial charge in [0.15, 0.2) is 0 Å². The van der Waals surface area contributed by atoms with Gasteiger partial charge in [-0.25, -0.2) is 0 Å². The maximum absolute atomic E-state index is 12.3. The summed E-state index contributed by atoms with van der Waals surface area (Å²) in [4.78, 5) is 28.5. The van der Waals surface area contributed by atoms with Gasteiger partial charge in [0.2, 0.25) is 0 Å². The minimum Gasteiger partial charge on any atom is -0.338 e. The standard InChI is InChI=1S/C16H15NO3/c1-13(18)20-17(12-14-8-4-2-5-9-14)16(19)15-10-6-3-7-11-15/h2-11H,12H2,1H3. The molecular weight excluding hydrogens is 254 g/mol. The molecule has 0 aromatic heterocycles. The lowest BCUT2D eigenvalue weighted by Crippen LogP contribution is -2.32. The Hall–Kier alpha value is -2.62. The molecule has 0 aliphatic carbocycles. The molecule has 1 amide bonds. The number of nitrogens with zero attached hydrogens (tertiary/aromatic N) is 1. The van der Waals surface area contributed by atoms with Crippen molar-refractivity contribution in [3.05, 3.63) is 71.8 Å². The molecule has 0 aliphatic rings. The first-order valence-electron chi connectivity index (χ1n) is 6.26. The van der Waals surface area contributed by atoms with Gasteiger partial charge in [0.1, 0.15) is 0 Å². The molecule has 0 fully saturated rings. The second-order valence-electron chi connectivity index (χ2n) is 4.28. The first-order valence-corrected chi connectivity index (χ1v) is 6.26. The van der Waals surface area contributed by atoms with E-state index in [9.17, 15) is 9.59 Å². The van der Waals surface area contributed by atoms with Crippen LogP contribution >= 0.6 is 0 Å². The van der Waals surface area contributed by atoms with Crippen LogP contribution in [0.2, 0.25) is 0 Å². The van der Waals surface area contributed by atoms with E-state index in [4.69, 9.17) is 4.84 Å². The Bertz CT molecular complexity index is 581. The summed E-state index contributed by atoms with van der Waals surface area (Å²) in [5.74, 6) is -0.866. The highest BCUT2D eigenvalue weighted by atomic mass is 16.7. The summed E-state index contributed by atoms with van der Waals surface area (Å²) in [6.45, 7) is 1.49.